The maximum Gasteiger partial charge on any atom is 0.342 e. The highest BCUT2D eigenvalue weighted by molar-refractivity contribution is 5.98. The van der Waals surface area contributed by atoms with Crippen molar-refractivity contribution in [2.75, 3.05) is 6.61 Å². The summed E-state index contributed by atoms with van der Waals surface area (Å²) in [6.45, 7) is 11.6. The van der Waals surface area contributed by atoms with Gasteiger partial charge in [-0.3, -0.25) is 0 Å². The van der Waals surface area contributed by atoms with Gasteiger partial charge in [0, 0.05) is 6.42 Å². The SMILES string of the molecule is C=C(CO)C(=O)O[C@H]1C[C@@]2(C)OC(=O)/C(=C/C)[C@]23CC[C@@](C)(O)/C=C2/OC(=O)C(=C)[C@@]21O3. The van der Waals surface area contributed by atoms with Crippen LogP contribution in [-0.2, 0) is 33.3 Å². The molecule has 172 valence electrons. The van der Waals surface area contributed by atoms with Crippen molar-refractivity contribution in [2.45, 2.75) is 68.5 Å². The predicted molar refractivity (Wildman–Crippen MR) is 109 cm³/mol. The van der Waals surface area contributed by atoms with Crippen LogP contribution in [-0.4, -0.2) is 63.2 Å². The van der Waals surface area contributed by atoms with E-state index in [2.05, 4.69) is 13.2 Å². The lowest BCUT2D eigenvalue weighted by molar-refractivity contribution is -0.265. The second-order valence-electron chi connectivity index (χ2n) is 9.08. The first-order valence-electron chi connectivity index (χ1n) is 10.3. The molecule has 4 rings (SSSR count). The molecule has 4 aliphatic rings. The average Bonchev–Trinajstić information content (AvgIpc) is 3.06. The Balaban J connectivity index is 1.98. The zero-order valence-electron chi connectivity index (χ0n) is 18.2. The predicted octanol–water partition coefficient (Wildman–Crippen LogP) is 1.15. The monoisotopic (exact) mass is 446 g/mol. The molecular formula is C23H26O9. The molecule has 4 heterocycles. The molecule has 0 saturated carbocycles. The number of hydrogen-bond acceptors (Lipinski definition) is 9. The number of carbonyl (C=O) groups excluding carboxylic acids is 3. The molecule has 0 aliphatic carbocycles. The fourth-order valence-corrected chi connectivity index (χ4v) is 5.13. The standard InChI is InChI=1S/C23H26O9/c1-6-14-19(27)31-21(5)10-16(29-17(25)12(2)11-24)23-13(3)18(26)30-15(23)9-20(4,28)7-8-22(14,21)32-23/h6,9,16,24,28H,2-3,7-8,10-11H2,1,4-5H3/b14-6-,15-9+/t16-,20+,21+,22+,23+/m0/s1. The van der Waals surface area contributed by atoms with Crippen LogP contribution in [0.5, 0.6) is 0 Å². The van der Waals surface area contributed by atoms with Gasteiger partial charge in [0.1, 0.15) is 23.1 Å². The van der Waals surface area contributed by atoms with E-state index in [1.165, 1.54) is 6.08 Å². The Morgan fingerprint density at radius 1 is 1.31 bits per heavy atom. The summed E-state index contributed by atoms with van der Waals surface area (Å²) in [4.78, 5) is 38.0. The molecule has 0 aromatic rings. The zero-order valence-corrected chi connectivity index (χ0v) is 18.2. The minimum atomic E-state index is -1.80. The van der Waals surface area contributed by atoms with E-state index in [-0.39, 0.29) is 41.7 Å². The first kappa shape index (κ1) is 22.4. The molecule has 0 unspecified atom stereocenters. The highest BCUT2D eigenvalue weighted by atomic mass is 16.7. The molecule has 0 aromatic heterocycles. The minimum Gasteiger partial charge on any atom is -0.455 e. The summed E-state index contributed by atoms with van der Waals surface area (Å²) >= 11 is 0. The van der Waals surface area contributed by atoms with Gasteiger partial charge >= 0.3 is 17.9 Å². The molecule has 0 radical (unpaired) electrons. The van der Waals surface area contributed by atoms with Crippen molar-refractivity contribution in [3.63, 3.8) is 0 Å². The van der Waals surface area contributed by atoms with Crippen LogP contribution in [0, 0.1) is 0 Å². The molecule has 4 aliphatic heterocycles. The summed E-state index contributed by atoms with van der Waals surface area (Å²) < 4.78 is 23.4. The summed E-state index contributed by atoms with van der Waals surface area (Å²) in [7, 11) is 0. The van der Waals surface area contributed by atoms with E-state index in [0.717, 1.165) is 0 Å². The van der Waals surface area contributed by atoms with E-state index < -0.39 is 53.0 Å². The lowest BCUT2D eigenvalue weighted by atomic mass is 9.65. The fraction of sp³-hybridized carbons (Fsp3) is 0.522. The topological polar surface area (TPSA) is 129 Å². The van der Waals surface area contributed by atoms with E-state index in [1.54, 1.807) is 26.8 Å². The molecule has 32 heavy (non-hydrogen) atoms. The van der Waals surface area contributed by atoms with Crippen LogP contribution in [0.15, 0.2) is 47.8 Å². The number of allylic oxidation sites excluding steroid dienone is 1. The molecule has 3 saturated heterocycles. The molecule has 9 nitrogen and oxygen atoms in total. The lowest BCUT2D eigenvalue weighted by Crippen LogP contribution is -2.68. The summed E-state index contributed by atoms with van der Waals surface area (Å²) in [5, 5.41) is 20.3. The van der Waals surface area contributed by atoms with Crippen LogP contribution in [0.25, 0.3) is 0 Å². The van der Waals surface area contributed by atoms with Gasteiger partial charge in [0.25, 0.3) is 0 Å². The largest absolute Gasteiger partial charge is 0.455 e. The summed E-state index contributed by atoms with van der Waals surface area (Å²) in [5.41, 5.74) is -5.98. The second kappa shape index (κ2) is 6.87. The first-order valence-corrected chi connectivity index (χ1v) is 10.3. The number of hydrogen-bond donors (Lipinski definition) is 2. The minimum absolute atomic E-state index is 0.0460. The van der Waals surface area contributed by atoms with Crippen molar-refractivity contribution < 1.29 is 43.5 Å². The fourth-order valence-electron chi connectivity index (χ4n) is 5.13. The number of ether oxygens (including phenoxy) is 4. The van der Waals surface area contributed by atoms with Crippen molar-refractivity contribution in [1.82, 2.24) is 0 Å². The lowest BCUT2D eigenvalue weighted by Gasteiger charge is -2.55. The number of carbonyl (C=O) groups is 3. The van der Waals surface area contributed by atoms with Crippen molar-refractivity contribution in [3.05, 3.63) is 47.8 Å². The van der Waals surface area contributed by atoms with Gasteiger partial charge in [0.2, 0.25) is 0 Å². The van der Waals surface area contributed by atoms with E-state index in [9.17, 15) is 24.6 Å². The Labute approximate surface area is 185 Å². The van der Waals surface area contributed by atoms with Crippen molar-refractivity contribution in [3.8, 4) is 0 Å². The Morgan fingerprint density at radius 3 is 2.62 bits per heavy atom. The second-order valence-corrected chi connectivity index (χ2v) is 9.08. The van der Waals surface area contributed by atoms with Crippen LogP contribution < -0.4 is 0 Å². The summed E-state index contributed by atoms with van der Waals surface area (Å²) in [6.07, 6.45) is 2.02. The summed E-state index contributed by atoms with van der Waals surface area (Å²) in [6, 6.07) is 0. The van der Waals surface area contributed by atoms with Crippen molar-refractivity contribution in [1.29, 1.82) is 0 Å². The molecule has 9 heteroatoms. The van der Waals surface area contributed by atoms with E-state index in [0.29, 0.717) is 0 Å². The van der Waals surface area contributed by atoms with Gasteiger partial charge in [-0.15, -0.1) is 0 Å². The van der Waals surface area contributed by atoms with Crippen LogP contribution in [0.3, 0.4) is 0 Å². The van der Waals surface area contributed by atoms with Gasteiger partial charge in [0.05, 0.1) is 28.9 Å². The molecule has 0 amide bonds. The normalized spacial score (nSPS) is 43.3. The maximum absolute atomic E-state index is 12.8. The maximum atomic E-state index is 12.8. The number of esters is 3. The van der Waals surface area contributed by atoms with Gasteiger partial charge in [0.15, 0.2) is 5.60 Å². The summed E-state index contributed by atoms with van der Waals surface area (Å²) in [5.74, 6) is -2.39. The Morgan fingerprint density at radius 2 is 2.00 bits per heavy atom. The molecular weight excluding hydrogens is 420 g/mol. The van der Waals surface area contributed by atoms with Gasteiger partial charge in [-0.1, -0.05) is 19.2 Å². The van der Waals surface area contributed by atoms with Gasteiger partial charge in [-0.2, -0.15) is 0 Å². The van der Waals surface area contributed by atoms with Gasteiger partial charge in [-0.25, -0.2) is 14.4 Å². The molecule has 3 fully saturated rings. The Bertz CT molecular complexity index is 1020. The van der Waals surface area contributed by atoms with Crippen LogP contribution in [0.1, 0.15) is 40.0 Å². The van der Waals surface area contributed by atoms with Gasteiger partial charge in [-0.05, 0) is 39.7 Å². The molecule has 2 spiro atoms. The van der Waals surface area contributed by atoms with E-state index >= 15 is 0 Å². The Kier molecular flexibility index (Phi) is 4.82. The first-order chi connectivity index (χ1) is 14.9. The highest BCUT2D eigenvalue weighted by Crippen LogP contribution is 2.61. The van der Waals surface area contributed by atoms with Crippen molar-refractivity contribution >= 4 is 17.9 Å². The Hall–Kier alpha value is -2.75. The molecule has 0 aromatic carbocycles. The van der Waals surface area contributed by atoms with Crippen LogP contribution >= 0.6 is 0 Å². The van der Waals surface area contributed by atoms with Gasteiger partial charge < -0.3 is 29.2 Å². The zero-order chi connectivity index (χ0) is 23.7. The number of rotatable bonds is 3. The smallest absolute Gasteiger partial charge is 0.342 e. The number of aliphatic hydroxyl groups is 2. The van der Waals surface area contributed by atoms with Crippen LogP contribution in [0.4, 0.5) is 0 Å². The van der Waals surface area contributed by atoms with Crippen LogP contribution in [0.2, 0.25) is 0 Å². The molecule has 2 bridgehead atoms. The van der Waals surface area contributed by atoms with Crippen molar-refractivity contribution in [2.24, 2.45) is 0 Å². The third-order valence-electron chi connectivity index (χ3n) is 6.90. The third-order valence-corrected chi connectivity index (χ3v) is 6.90. The number of aliphatic hydroxyl groups excluding tert-OH is 1. The quantitative estimate of drug-likeness (QED) is 0.373. The average molecular weight is 446 g/mol. The van der Waals surface area contributed by atoms with E-state index in [1.807, 2.05) is 0 Å². The third kappa shape index (κ3) is 2.78. The molecule has 5 atom stereocenters. The molecule has 2 N–H and O–H groups in total. The highest BCUT2D eigenvalue weighted by Gasteiger charge is 2.75. The van der Waals surface area contributed by atoms with E-state index in [4.69, 9.17) is 18.9 Å².